The minimum atomic E-state index is 0.581. The molecule has 5 nitrogen and oxygen atoms in total. The zero-order chi connectivity index (χ0) is 35.6. The minimum Gasteiger partial charge on any atom is -0.456 e. The van der Waals surface area contributed by atoms with E-state index in [0.29, 0.717) is 11.5 Å². The van der Waals surface area contributed by atoms with Gasteiger partial charge in [0.2, 0.25) is 5.89 Å². The van der Waals surface area contributed by atoms with Crippen molar-refractivity contribution < 1.29 is 13.3 Å². The van der Waals surface area contributed by atoms with Crippen molar-refractivity contribution in [3.8, 4) is 33.7 Å². The molecular weight excluding hydrogens is 665 g/mol. The molecule has 0 unspecified atom stereocenters. The van der Waals surface area contributed by atoms with Crippen LogP contribution in [0.2, 0.25) is 0 Å². The standard InChI is InChI=1S/C49H30N2O3/c1-3-12-31(13-4-1)36-16-7-8-17-37(36)32-22-24-34(25-23-32)51(40-19-11-21-43-46(40)38-18-9-10-20-41(38)52-43)35-26-27-42-39(30-35)47-44(53-42)28-29-45-48(47)50-49(54-45)33-14-5-2-6-15-33/h1-30H. The quantitative estimate of drug-likeness (QED) is 0.173. The number of rotatable bonds is 6. The third-order valence-corrected chi connectivity index (χ3v) is 10.3. The first-order chi connectivity index (χ1) is 26.8. The normalized spacial score (nSPS) is 11.7. The van der Waals surface area contributed by atoms with E-state index in [1.165, 1.54) is 16.7 Å². The van der Waals surface area contributed by atoms with E-state index in [1.54, 1.807) is 0 Å². The predicted octanol–water partition coefficient (Wildman–Crippen LogP) is 14.1. The Labute approximate surface area is 309 Å². The highest BCUT2D eigenvalue weighted by Gasteiger charge is 2.22. The molecule has 0 saturated carbocycles. The molecule has 3 heterocycles. The molecule has 11 rings (SSSR count). The maximum atomic E-state index is 6.43. The molecule has 0 saturated heterocycles. The SMILES string of the molecule is c1ccc(-c2nc3c(ccc4oc5ccc(N(c6ccc(-c7ccccc7-c7ccccc7)cc6)c6cccc7oc8ccccc8c67)cc5c43)o2)cc1. The summed E-state index contributed by atoms with van der Waals surface area (Å²) in [5, 5.41) is 4.00. The fourth-order valence-electron chi connectivity index (χ4n) is 7.85. The molecule has 254 valence electrons. The topological polar surface area (TPSA) is 55.6 Å². The van der Waals surface area contributed by atoms with Crippen molar-refractivity contribution in [2.75, 3.05) is 4.90 Å². The van der Waals surface area contributed by atoms with E-state index < -0.39 is 0 Å². The van der Waals surface area contributed by atoms with E-state index in [2.05, 4.69) is 126 Å². The second kappa shape index (κ2) is 12.1. The Morgan fingerprint density at radius 1 is 0.370 bits per heavy atom. The van der Waals surface area contributed by atoms with Gasteiger partial charge < -0.3 is 18.2 Å². The number of benzene rings is 8. The van der Waals surface area contributed by atoms with Crippen LogP contribution in [0.3, 0.4) is 0 Å². The van der Waals surface area contributed by atoms with Gasteiger partial charge in [0, 0.05) is 27.7 Å². The van der Waals surface area contributed by atoms with Crippen LogP contribution in [0.5, 0.6) is 0 Å². The molecule has 0 atom stereocenters. The van der Waals surface area contributed by atoms with Gasteiger partial charge in [-0.3, -0.25) is 0 Å². The minimum absolute atomic E-state index is 0.581. The summed E-state index contributed by atoms with van der Waals surface area (Å²) in [6.07, 6.45) is 0. The Morgan fingerprint density at radius 2 is 0.944 bits per heavy atom. The summed E-state index contributed by atoms with van der Waals surface area (Å²) in [6.45, 7) is 0. The molecule has 0 amide bonds. The van der Waals surface area contributed by atoms with Crippen LogP contribution in [0, 0.1) is 0 Å². The fourth-order valence-corrected chi connectivity index (χ4v) is 7.85. The highest BCUT2D eigenvalue weighted by atomic mass is 16.4. The second-order valence-electron chi connectivity index (χ2n) is 13.5. The average molecular weight is 695 g/mol. The van der Waals surface area contributed by atoms with Crippen LogP contribution in [-0.2, 0) is 0 Å². The van der Waals surface area contributed by atoms with Gasteiger partial charge in [-0.2, -0.15) is 0 Å². The summed E-state index contributed by atoms with van der Waals surface area (Å²) >= 11 is 0. The molecule has 0 bridgehead atoms. The van der Waals surface area contributed by atoms with E-state index in [0.717, 1.165) is 77.6 Å². The first-order valence-electron chi connectivity index (χ1n) is 18.0. The number of oxazole rings is 1. The van der Waals surface area contributed by atoms with Crippen LogP contribution >= 0.6 is 0 Å². The molecule has 3 aromatic heterocycles. The highest BCUT2D eigenvalue weighted by molar-refractivity contribution is 6.18. The molecule has 0 radical (unpaired) electrons. The lowest BCUT2D eigenvalue weighted by Gasteiger charge is -2.26. The predicted molar refractivity (Wildman–Crippen MR) is 220 cm³/mol. The molecule has 0 aliphatic rings. The van der Waals surface area contributed by atoms with Crippen LogP contribution in [0.4, 0.5) is 17.1 Å². The number of hydrogen-bond donors (Lipinski definition) is 0. The fraction of sp³-hybridized carbons (Fsp3) is 0. The van der Waals surface area contributed by atoms with E-state index in [-0.39, 0.29) is 0 Å². The lowest BCUT2D eigenvalue weighted by Crippen LogP contribution is -2.10. The largest absolute Gasteiger partial charge is 0.456 e. The highest BCUT2D eigenvalue weighted by Crippen LogP contribution is 2.45. The summed E-state index contributed by atoms with van der Waals surface area (Å²) < 4.78 is 19.1. The van der Waals surface area contributed by atoms with E-state index in [4.69, 9.17) is 18.2 Å². The van der Waals surface area contributed by atoms with Crippen molar-refractivity contribution in [3.05, 3.63) is 182 Å². The Morgan fingerprint density at radius 3 is 1.72 bits per heavy atom. The van der Waals surface area contributed by atoms with Crippen molar-refractivity contribution in [2.24, 2.45) is 0 Å². The van der Waals surface area contributed by atoms with E-state index in [1.807, 2.05) is 60.7 Å². The Balaban J connectivity index is 1.12. The number of anilines is 3. The van der Waals surface area contributed by atoms with Gasteiger partial charge in [-0.25, -0.2) is 4.98 Å². The lowest BCUT2D eigenvalue weighted by molar-refractivity contribution is 0.619. The van der Waals surface area contributed by atoms with Crippen LogP contribution in [0.1, 0.15) is 0 Å². The van der Waals surface area contributed by atoms with Crippen LogP contribution in [0.25, 0.3) is 88.7 Å². The van der Waals surface area contributed by atoms with Crippen LogP contribution in [0.15, 0.2) is 195 Å². The van der Waals surface area contributed by atoms with Gasteiger partial charge in [0.25, 0.3) is 0 Å². The molecule has 8 aromatic carbocycles. The Bertz CT molecular complexity index is 3160. The second-order valence-corrected chi connectivity index (χ2v) is 13.5. The Hall–Kier alpha value is -7.37. The van der Waals surface area contributed by atoms with Crippen molar-refractivity contribution >= 4 is 72.0 Å². The number of para-hydroxylation sites is 1. The zero-order valence-corrected chi connectivity index (χ0v) is 28.9. The molecule has 54 heavy (non-hydrogen) atoms. The number of aromatic nitrogens is 1. The monoisotopic (exact) mass is 694 g/mol. The van der Waals surface area contributed by atoms with Crippen LogP contribution < -0.4 is 4.90 Å². The number of nitrogens with zero attached hydrogens (tertiary/aromatic N) is 2. The van der Waals surface area contributed by atoms with Gasteiger partial charge in [-0.05, 0) is 95.1 Å². The van der Waals surface area contributed by atoms with Crippen LogP contribution in [-0.4, -0.2) is 4.98 Å². The molecule has 0 aliphatic carbocycles. The van der Waals surface area contributed by atoms with Crippen molar-refractivity contribution in [2.45, 2.75) is 0 Å². The third kappa shape index (κ3) is 4.83. The smallest absolute Gasteiger partial charge is 0.227 e. The molecule has 5 heteroatoms. The number of hydrogen-bond acceptors (Lipinski definition) is 5. The summed E-state index contributed by atoms with van der Waals surface area (Å²) in [4.78, 5) is 7.32. The summed E-state index contributed by atoms with van der Waals surface area (Å²) in [5.41, 5.74) is 13.4. The Kier molecular flexibility index (Phi) is 6.79. The van der Waals surface area contributed by atoms with Gasteiger partial charge in [-0.15, -0.1) is 0 Å². The maximum Gasteiger partial charge on any atom is 0.227 e. The molecule has 0 aliphatic heterocycles. The zero-order valence-electron chi connectivity index (χ0n) is 28.9. The van der Waals surface area contributed by atoms with Gasteiger partial charge in [0.1, 0.15) is 27.8 Å². The van der Waals surface area contributed by atoms with E-state index in [9.17, 15) is 0 Å². The van der Waals surface area contributed by atoms with E-state index >= 15 is 0 Å². The first kappa shape index (κ1) is 30.3. The molecule has 0 fully saturated rings. The summed E-state index contributed by atoms with van der Waals surface area (Å²) in [5.74, 6) is 0.581. The van der Waals surface area contributed by atoms with Gasteiger partial charge in [0.15, 0.2) is 5.58 Å². The van der Waals surface area contributed by atoms with Gasteiger partial charge in [-0.1, -0.05) is 109 Å². The van der Waals surface area contributed by atoms with Crippen molar-refractivity contribution in [1.29, 1.82) is 0 Å². The maximum absolute atomic E-state index is 6.43. The molecule has 11 aromatic rings. The molecule has 0 spiro atoms. The van der Waals surface area contributed by atoms with Crippen molar-refractivity contribution in [3.63, 3.8) is 0 Å². The molecule has 0 N–H and O–H groups in total. The van der Waals surface area contributed by atoms with Gasteiger partial charge in [0.05, 0.1) is 16.5 Å². The third-order valence-electron chi connectivity index (χ3n) is 10.3. The molecular formula is C49H30N2O3. The number of furan rings is 2. The first-order valence-corrected chi connectivity index (χ1v) is 18.0. The van der Waals surface area contributed by atoms with Crippen molar-refractivity contribution in [1.82, 2.24) is 4.98 Å². The van der Waals surface area contributed by atoms with Gasteiger partial charge >= 0.3 is 0 Å². The average Bonchev–Trinajstić information content (AvgIpc) is 3.95. The summed E-state index contributed by atoms with van der Waals surface area (Å²) in [7, 11) is 0. The summed E-state index contributed by atoms with van der Waals surface area (Å²) in [6, 6.07) is 62.8. The lowest BCUT2D eigenvalue weighted by atomic mass is 9.94. The number of fused-ring (bicyclic) bond motifs is 8.